The SMILES string of the molecule is C/C=C(\C1=C(C)CN(C)C=C1C(=O)CCC)c1cc([N+](=O)[O-])ccc1F. The lowest BCUT2D eigenvalue weighted by molar-refractivity contribution is -0.384. The normalized spacial score (nSPS) is 15.2. The molecule has 0 aliphatic carbocycles. The number of rotatable bonds is 6. The number of nitro benzene ring substituents is 1. The number of likely N-dealkylation sites (N-methyl/N-ethyl adjacent to an activating group) is 1. The van der Waals surface area contributed by atoms with Gasteiger partial charge in [0.05, 0.1) is 4.92 Å². The Morgan fingerprint density at radius 3 is 2.69 bits per heavy atom. The van der Waals surface area contributed by atoms with Crippen molar-refractivity contribution in [3.63, 3.8) is 0 Å². The molecule has 1 aromatic rings. The Balaban J connectivity index is 2.63. The molecule has 138 valence electrons. The third-order valence-electron chi connectivity index (χ3n) is 4.32. The minimum absolute atomic E-state index is 0.0152. The summed E-state index contributed by atoms with van der Waals surface area (Å²) in [5, 5.41) is 11.1. The highest BCUT2D eigenvalue weighted by Crippen LogP contribution is 2.37. The molecule has 0 bridgehead atoms. The Bertz CT molecular complexity index is 837. The Labute approximate surface area is 152 Å². The second-order valence-corrected chi connectivity index (χ2v) is 6.41. The lowest BCUT2D eigenvalue weighted by Crippen LogP contribution is -2.24. The number of ketones is 1. The largest absolute Gasteiger partial charge is 0.376 e. The molecule has 0 radical (unpaired) electrons. The number of hydrogen-bond donors (Lipinski definition) is 0. The van der Waals surface area contributed by atoms with Crippen LogP contribution < -0.4 is 0 Å². The van der Waals surface area contributed by atoms with Crippen LogP contribution in [-0.2, 0) is 4.79 Å². The lowest BCUT2D eigenvalue weighted by Gasteiger charge is -2.28. The molecule has 0 fully saturated rings. The van der Waals surface area contributed by atoms with Gasteiger partial charge in [0.1, 0.15) is 5.82 Å². The predicted octanol–water partition coefficient (Wildman–Crippen LogP) is 4.65. The van der Waals surface area contributed by atoms with E-state index in [4.69, 9.17) is 0 Å². The number of nitro groups is 1. The van der Waals surface area contributed by atoms with Crippen molar-refractivity contribution in [2.24, 2.45) is 0 Å². The molecule has 5 nitrogen and oxygen atoms in total. The first-order valence-electron chi connectivity index (χ1n) is 8.56. The topological polar surface area (TPSA) is 63.5 Å². The van der Waals surface area contributed by atoms with Crippen molar-refractivity contribution in [1.29, 1.82) is 0 Å². The fourth-order valence-corrected chi connectivity index (χ4v) is 3.23. The van der Waals surface area contributed by atoms with Gasteiger partial charge >= 0.3 is 0 Å². The first kappa shape index (κ1) is 19.6. The van der Waals surface area contributed by atoms with E-state index in [2.05, 4.69) is 0 Å². The maximum Gasteiger partial charge on any atom is 0.270 e. The summed E-state index contributed by atoms with van der Waals surface area (Å²) < 4.78 is 14.5. The van der Waals surface area contributed by atoms with Gasteiger partial charge in [0.2, 0.25) is 0 Å². The molecule has 1 heterocycles. The average Bonchev–Trinajstić information content (AvgIpc) is 2.58. The summed E-state index contributed by atoms with van der Waals surface area (Å²) >= 11 is 0. The second kappa shape index (κ2) is 8.08. The number of Topliss-reactive ketones (excluding diaryl/α,β-unsaturated/α-hetero) is 1. The quantitative estimate of drug-likeness (QED) is 0.548. The minimum Gasteiger partial charge on any atom is -0.376 e. The zero-order valence-corrected chi connectivity index (χ0v) is 15.5. The number of carbonyl (C=O) groups is 1. The van der Waals surface area contributed by atoms with E-state index in [1.807, 2.05) is 25.8 Å². The monoisotopic (exact) mass is 358 g/mol. The Hall–Kier alpha value is -2.76. The Morgan fingerprint density at radius 1 is 1.42 bits per heavy atom. The standard InChI is InChI=1S/C20H23FN2O3/c1-5-7-19(24)17-12-22(4)11-13(3)20(17)15(6-2)16-10-14(23(25)26)8-9-18(16)21/h6,8-10,12H,5,7,11H2,1-4H3/b15-6-. The van der Waals surface area contributed by atoms with Crippen LogP contribution in [0.5, 0.6) is 0 Å². The smallest absolute Gasteiger partial charge is 0.270 e. The van der Waals surface area contributed by atoms with Crippen molar-refractivity contribution >= 4 is 17.0 Å². The van der Waals surface area contributed by atoms with Crippen LogP contribution in [-0.4, -0.2) is 29.2 Å². The third kappa shape index (κ3) is 3.90. The highest BCUT2D eigenvalue weighted by atomic mass is 19.1. The van der Waals surface area contributed by atoms with E-state index in [1.165, 1.54) is 6.07 Å². The number of hydrogen-bond acceptors (Lipinski definition) is 4. The molecule has 0 atom stereocenters. The predicted molar refractivity (Wildman–Crippen MR) is 100 cm³/mol. The second-order valence-electron chi connectivity index (χ2n) is 6.41. The molecule has 0 aromatic heterocycles. The van der Waals surface area contributed by atoms with E-state index in [0.717, 1.165) is 17.7 Å². The molecule has 1 aliphatic heterocycles. The number of nitrogens with zero attached hydrogens (tertiary/aromatic N) is 2. The molecular formula is C20H23FN2O3. The van der Waals surface area contributed by atoms with Crippen LogP contribution >= 0.6 is 0 Å². The van der Waals surface area contributed by atoms with Crippen LogP contribution in [0.3, 0.4) is 0 Å². The van der Waals surface area contributed by atoms with Crippen molar-refractivity contribution in [3.05, 3.63) is 68.7 Å². The summed E-state index contributed by atoms with van der Waals surface area (Å²) in [6, 6.07) is 3.46. The number of carbonyl (C=O) groups excluding carboxylic acids is 1. The van der Waals surface area contributed by atoms with E-state index in [1.54, 1.807) is 19.2 Å². The first-order chi connectivity index (χ1) is 12.3. The van der Waals surface area contributed by atoms with E-state index < -0.39 is 10.7 Å². The van der Waals surface area contributed by atoms with Gasteiger partial charge in [0, 0.05) is 49.5 Å². The lowest BCUT2D eigenvalue weighted by atomic mass is 9.84. The summed E-state index contributed by atoms with van der Waals surface area (Å²) in [6.45, 7) is 6.18. The molecular weight excluding hydrogens is 335 g/mol. The van der Waals surface area contributed by atoms with Crippen LogP contribution in [0.2, 0.25) is 0 Å². The fraction of sp³-hybridized carbons (Fsp3) is 0.350. The molecule has 26 heavy (non-hydrogen) atoms. The molecule has 1 aromatic carbocycles. The highest BCUT2D eigenvalue weighted by Gasteiger charge is 2.26. The van der Waals surface area contributed by atoms with E-state index in [0.29, 0.717) is 36.1 Å². The summed E-state index contributed by atoms with van der Waals surface area (Å²) in [5.74, 6) is -0.566. The van der Waals surface area contributed by atoms with Crippen LogP contribution in [0.25, 0.3) is 5.57 Å². The first-order valence-corrected chi connectivity index (χ1v) is 8.56. The highest BCUT2D eigenvalue weighted by molar-refractivity contribution is 6.06. The summed E-state index contributed by atoms with van der Waals surface area (Å²) in [4.78, 5) is 25.1. The molecule has 0 spiro atoms. The Kier molecular flexibility index (Phi) is 6.08. The molecule has 0 N–H and O–H groups in total. The van der Waals surface area contributed by atoms with Gasteiger partial charge < -0.3 is 4.90 Å². The summed E-state index contributed by atoms with van der Waals surface area (Å²) in [6.07, 6.45) is 4.59. The van der Waals surface area contributed by atoms with Crippen molar-refractivity contribution in [3.8, 4) is 0 Å². The van der Waals surface area contributed by atoms with Gasteiger partial charge in [-0.05, 0) is 43.1 Å². The number of allylic oxidation sites excluding steroid dienone is 4. The molecule has 6 heteroatoms. The van der Waals surface area contributed by atoms with Crippen LogP contribution in [0.15, 0.2) is 47.2 Å². The zero-order valence-electron chi connectivity index (χ0n) is 15.5. The van der Waals surface area contributed by atoms with Gasteiger partial charge in [-0.25, -0.2) is 4.39 Å². The fourth-order valence-electron chi connectivity index (χ4n) is 3.23. The van der Waals surface area contributed by atoms with Crippen molar-refractivity contribution in [2.45, 2.75) is 33.6 Å². The minimum atomic E-state index is -0.551. The van der Waals surface area contributed by atoms with E-state index >= 15 is 0 Å². The van der Waals surface area contributed by atoms with Crippen LogP contribution in [0, 0.1) is 15.9 Å². The maximum atomic E-state index is 14.5. The van der Waals surface area contributed by atoms with Gasteiger partial charge in [-0.15, -0.1) is 0 Å². The van der Waals surface area contributed by atoms with E-state index in [9.17, 15) is 19.3 Å². The number of benzene rings is 1. The molecule has 0 saturated heterocycles. The molecule has 1 aliphatic rings. The molecule has 0 amide bonds. The van der Waals surface area contributed by atoms with Gasteiger partial charge in [-0.2, -0.15) is 0 Å². The molecule has 0 unspecified atom stereocenters. The molecule has 2 rings (SSSR count). The van der Waals surface area contributed by atoms with Gasteiger partial charge in [0.25, 0.3) is 5.69 Å². The van der Waals surface area contributed by atoms with Crippen molar-refractivity contribution in [1.82, 2.24) is 4.90 Å². The van der Waals surface area contributed by atoms with Gasteiger partial charge in [0.15, 0.2) is 5.78 Å². The third-order valence-corrected chi connectivity index (χ3v) is 4.32. The summed E-state index contributed by atoms with van der Waals surface area (Å²) in [7, 11) is 1.88. The molecule has 0 saturated carbocycles. The number of non-ortho nitro benzene ring substituents is 1. The summed E-state index contributed by atoms with van der Waals surface area (Å²) in [5.41, 5.74) is 2.58. The van der Waals surface area contributed by atoms with Crippen molar-refractivity contribution in [2.75, 3.05) is 13.6 Å². The van der Waals surface area contributed by atoms with Crippen molar-refractivity contribution < 1.29 is 14.1 Å². The maximum absolute atomic E-state index is 14.5. The van der Waals surface area contributed by atoms with Gasteiger partial charge in [-0.3, -0.25) is 14.9 Å². The van der Waals surface area contributed by atoms with Gasteiger partial charge in [-0.1, -0.05) is 13.0 Å². The van der Waals surface area contributed by atoms with Crippen LogP contribution in [0.1, 0.15) is 39.2 Å². The zero-order chi connectivity index (χ0) is 19.4. The average molecular weight is 358 g/mol. The van der Waals surface area contributed by atoms with Crippen LogP contribution in [0.4, 0.5) is 10.1 Å². The van der Waals surface area contributed by atoms with E-state index in [-0.39, 0.29) is 17.0 Å². The number of halogens is 1. The Morgan fingerprint density at radius 2 is 2.12 bits per heavy atom.